The molecule has 0 spiro atoms. The van der Waals surface area contributed by atoms with Gasteiger partial charge >= 0.3 is 11.9 Å². The van der Waals surface area contributed by atoms with E-state index in [0.29, 0.717) is 5.56 Å². The minimum absolute atomic E-state index is 0.120. The van der Waals surface area contributed by atoms with Crippen LogP contribution in [-0.2, 0) is 19.1 Å². The minimum Gasteiger partial charge on any atom is -0.461 e. The van der Waals surface area contributed by atoms with Crippen LogP contribution in [0.15, 0.2) is 46.4 Å². The number of hydrogen-bond acceptors (Lipinski definition) is 5. The number of aryl methyl sites for hydroxylation is 1. The monoisotopic (exact) mass is 312 g/mol. The van der Waals surface area contributed by atoms with Crippen molar-refractivity contribution in [2.75, 3.05) is 0 Å². The molecule has 0 aliphatic carbocycles. The molecule has 1 aromatic carbocycles. The number of hydrogen-bond donors (Lipinski definition) is 0. The van der Waals surface area contributed by atoms with Crippen molar-refractivity contribution in [3.8, 4) is 11.3 Å². The topological polar surface area (TPSA) is 65.7 Å². The van der Waals surface area contributed by atoms with Gasteiger partial charge in [0, 0.05) is 19.4 Å². The molecule has 0 saturated carbocycles. The maximum Gasteiger partial charge on any atom is 0.348 e. The van der Waals surface area contributed by atoms with Crippen LogP contribution in [0, 0.1) is 6.92 Å². The van der Waals surface area contributed by atoms with Crippen molar-refractivity contribution in [2.24, 2.45) is 0 Å². The fourth-order valence-electron chi connectivity index (χ4n) is 2.28. The van der Waals surface area contributed by atoms with Crippen molar-refractivity contribution in [3.63, 3.8) is 0 Å². The van der Waals surface area contributed by atoms with E-state index >= 15 is 0 Å². The molecular formula is C18H16O5. The van der Waals surface area contributed by atoms with Crippen molar-refractivity contribution >= 4 is 18.0 Å². The van der Waals surface area contributed by atoms with E-state index in [-0.39, 0.29) is 5.57 Å². The van der Waals surface area contributed by atoms with Gasteiger partial charge in [0.05, 0.1) is 0 Å². The molecule has 1 fully saturated rings. The van der Waals surface area contributed by atoms with Crippen molar-refractivity contribution in [1.29, 1.82) is 0 Å². The molecule has 1 aliphatic rings. The van der Waals surface area contributed by atoms with Crippen molar-refractivity contribution in [3.05, 3.63) is 53.3 Å². The van der Waals surface area contributed by atoms with Crippen molar-refractivity contribution in [2.45, 2.75) is 26.6 Å². The molecule has 1 saturated heterocycles. The molecule has 1 aromatic heterocycles. The summed E-state index contributed by atoms with van der Waals surface area (Å²) < 4.78 is 15.7. The second-order valence-corrected chi connectivity index (χ2v) is 5.77. The fourth-order valence-corrected chi connectivity index (χ4v) is 2.28. The second-order valence-electron chi connectivity index (χ2n) is 5.77. The first-order chi connectivity index (χ1) is 10.8. The van der Waals surface area contributed by atoms with Crippen molar-refractivity contribution < 1.29 is 23.5 Å². The number of carbonyl (C=O) groups is 2. The summed E-state index contributed by atoms with van der Waals surface area (Å²) >= 11 is 0. The van der Waals surface area contributed by atoms with Gasteiger partial charge in [-0.2, -0.15) is 0 Å². The van der Waals surface area contributed by atoms with Gasteiger partial charge in [-0.05, 0) is 30.7 Å². The van der Waals surface area contributed by atoms with E-state index in [0.717, 1.165) is 17.1 Å². The lowest BCUT2D eigenvalue weighted by molar-refractivity contribution is -0.222. The Kier molecular flexibility index (Phi) is 3.56. The SMILES string of the molecule is Cc1ccc(-c2ccc(C=C3C(=O)OC(C)(C)OC3=O)cc2)o1. The van der Waals surface area contributed by atoms with Crippen LogP contribution < -0.4 is 0 Å². The number of cyclic esters (lactones) is 2. The molecular weight excluding hydrogens is 296 g/mol. The van der Waals surface area contributed by atoms with Crippen LogP contribution in [0.5, 0.6) is 0 Å². The summed E-state index contributed by atoms with van der Waals surface area (Å²) in [4.78, 5) is 23.8. The Labute approximate surface area is 133 Å². The van der Waals surface area contributed by atoms with Crippen LogP contribution >= 0.6 is 0 Å². The quantitative estimate of drug-likeness (QED) is 0.482. The average molecular weight is 312 g/mol. The molecule has 0 amide bonds. The standard InChI is InChI=1S/C18H16O5/c1-11-4-9-15(21-11)13-7-5-12(6-8-13)10-14-16(19)22-18(2,3)23-17(14)20/h4-10H,1-3H3. The van der Waals surface area contributed by atoms with Crippen LogP contribution in [-0.4, -0.2) is 17.7 Å². The minimum atomic E-state index is -1.23. The molecule has 0 bridgehead atoms. The molecule has 2 heterocycles. The number of carbonyl (C=O) groups excluding carboxylic acids is 2. The van der Waals surface area contributed by atoms with Gasteiger partial charge in [-0.3, -0.25) is 0 Å². The molecule has 0 N–H and O–H groups in total. The smallest absolute Gasteiger partial charge is 0.348 e. The van der Waals surface area contributed by atoms with Gasteiger partial charge in [0.25, 0.3) is 5.79 Å². The van der Waals surface area contributed by atoms with E-state index in [2.05, 4.69) is 0 Å². The molecule has 23 heavy (non-hydrogen) atoms. The lowest BCUT2D eigenvalue weighted by atomic mass is 10.1. The van der Waals surface area contributed by atoms with Crippen molar-refractivity contribution in [1.82, 2.24) is 0 Å². The van der Waals surface area contributed by atoms with E-state index in [1.165, 1.54) is 19.9 Å². The van der Waals surface area contributed by atoms with Crippen LogP contribution in [0.4, 0.5) is 0 Å². The fraction of sp³-hybridized carbons (Fsp3) is 0.222. The summed E-state index contributed by atoms with van der Waals surface area (Å²) in [5, 5.41) is 0. The van der Waals surface area contributed by atoms with Gasteiger partial charge in [-0.15, -0.1) is 0 Å². The van der Waals surface area contributed by atoms with Gasteiger partial charge in [0.2, 0.25) is 0 Å². The Morgan fingerprint density at radius 2 is 1.52 bits per heavy atom. The highest BCUT2D eigenvalue weighted by molar-refractivity contribution is 6.18. The summed E-state index contributed by atoms with van der Waals surface area (Å²) in [5.74, 6) is -0.998. The summed E-state index contributed by atoms with van der Waals surface area (Å²) in [6.07, 6.45) is 1.46. The van der Waals surface area contributed by atoms with E-state index in [1.807, 2.05) is 31.2 Å². The zero-order valence-electron chi connectivity index (χ0n) is 13.1. The van der Waals surface area contributed by atoms with Gasteiger partial charge in [0.1, 0.15) is 17.1 Å². The summed E-state index contributed by atoms with van der Waals surface area (Å²) in [5.41, 5.74) is 1.49. The zero-order chi connectivity index (χ0) is 16.6. The van der Waals surface area contributed by atoms with E-state index in [4.69, 9.17) is 13.9 Å². The maximum absolute atomic E-state index is 11.9. The van der Waals surface area contributed by atoms with Crippen LogP contribution in [0.2, 0.25) is 0 Å². The first kappa shape index (κ1) is 15.1. The molecule has 0 unspecified atom stereocenters. The number of furan rings is 1. The first-order valence-electron chi connectivity index (χ1n) is 7.19. The highest BCUT2D eigenvalue weighted by Gasteiger charge is 2.38. The predicted molar refractivity (Wildman–Crippen MR) is 83.1 cm³/mol. The molecule has 0 radical (unpaired) electrons. The second kappa shape index (κ2) is 5.43. The molecule has 0 atom stereocenters. The highest BCUT2D eigenvalue weighted by atomic mass is 16.7. The molecule has 5 nitrogen and oxygen atoms in total. The van der Waals surface area contributed by atoms with Gasteiger partial charge in [0.15, 0.2) is 0 Å². The zero-order valence-corrected chi connectivity index (χ0v) is 13.1. The van der Waals surface area contributed by atoms with Gasteiger partial charge in [-0.1, -0.05) is 24.3 Å². The molecule has 3 rings (SSSR count). The molecule has 1 aliphatic heterocycles. The van der Waals surface area contributed by atoms with E-state index in [9.17, 15) is 9.59 Å². The third-order valence-corrected chi connectivity index (χ3v) is 3.36. The van der Waals surface area contributed by atoms with Crippen LogP contribution in [0.25, 0.3) is 17.4 Å². The van der Waals surface area contributed by atoms with Gasteiger partial charge in [-0.25, -0.2) is 9.59 Å². The average Bonchev–Trinajstić information content (AvgIpc) is 2.89. The summed E-state index contributed by atoms with van der Waals surface area (Å²) in [7, 11) is 0. The molecule has 5 heteroatoms. The number of rotatable bonds is 2. The summed E-state index contributed by atoms with van der Waals surface area (Å²) in [6, 6.07) is 11.1. The Bertz CT molecular complexity index is 771. The Balaban J connectivity index is 1.85. The third kappa shape index (κ3) is 3.18. The number of benzene rings is 1. The predicted octanol–water partition coefficient (Wildman–Crippen LogP) is 3.47. The Hall–Kier alpha value is -2.82. The molecule has 2 aromatic rings. The van der Waals surface area contributed by atoms with Crippen LogP contribution in [0.1, 0.15) is 25.2 Å². The largest absolute Gasteiger partial charge is 0.461 e. The first-order valence-corrected chi connectivity index (χ1v) is 7.19. The Morgan fingerprint density at radius 3 is 2.04 bits per heavy atom. The lowest BCUT2D eigenvalue weighted by Gasteiger charge is -2.29. The normalized spacial score (nSPS) is 16.7. The van der Waals surface area contributed by atoms with Crippen LogP contribution in [0.3, 0.4) is 0 Å². The summed E-state index contributed by atoms with van der Waals surface area (Å²) in [6.45, 7) is 4.91. The number of ether oxygens (including phenoxy) is 2. The third-order valence-electron chi connectivity index (χ3n) is 3.36. The number of esters is 2. The lowest BCUT2D eigenvalue weighted by Crippen LogP contribution is -2.41. The Morgan fingerprint density at radius 1 is 0.913 bits per heavy atom. The van der Waals surface area contributed by atoms with E-state index < -0.39 is 17.7 Å². The maximum atomic E-state index is 11.9. The van der Waals surface area contributed by atoms with E-state index in [1.54, 1.807) is 12.1 Å². The highest BCUT2D eigenvalue weighted by Crippen LogP contribution is 2.26. The van der Waals surface area contributed by atoms with Gasteiger partial charge < -0.3 is 13.9 Å². The molecule has 118 valence electrons.